The normalized spacial score (nSPS) is 9.23. The lowest BCUT2D eigenvalue weighted by Crippen LogP contribution is -2.04. The summed E-state index contributed by atoms with van der Waals surface area (Å²) in [7, 11) is 0. The minimum absolute atomic E-state index is 0.119. The number of ether oxygens (including phenoxy) is 1. The Morgan fingerprint density at radius 3 is 2.77 bits per heavy atom. The minimum Gasteiger partial charge on any atom is -0.465 e. The number of rotatable bonds is 7. The molecule has 0 saturated heterocycles. The highest BCUT2D eigenvalue weighted by Gasteiger charge is 2.00. The van der Waals surface area contributed by atoms with Crippen LogP contribution in [0.15, 0.2) is 0 Å². The summed E-state index contributed by atoms with van der Waals surface area (Å²) in [5.74, 6) is 2.30. The van der Waals surface area contributed by atoms with Crippen LogP contribution in [0, 0.1) is 12.3 Å². The van der Waals surface area contributed by atoms with Crippen molar-refractivity contribution in [2.45, 2.75) is 45.4 Å². The molecule has 0 heterocycles. The van der Waals surface area contributed by atoms with E-state index >= 15 is 0 Å². The fraction of sp³-hybridized carbons (Fsp3) is 0.727. The number of terminal acetylenes is 1. The third kappa shape index (κ3) is 8.94. The molecule has 0 aliphatic heterocycles. The van der Waals surface area contributed by atoms with Gasteiger partial charge < -0.3 is 4.74 Å². The van der Waals surface area contributed by atoms with Crippen LogP contribution in [0.5, 0.6) is 0 Å². The summed E-state index contributed by atoms with van der Waals surface area (Å²) in [4.78, 5) is 11.0. The van der Waals surface area contributed by atoms with E-state index in [0.717, 1.165) is 12.8 Å². The van der Waals surface area contributed by atoms with Gasteiger partial charge in [0.25, 0.3) is 0 Å². The van der Waals surface area contributed by atoms with E-state index in [1.807, 2.05) is 0 Å². The van der Waals surface area contributed by atoms with Gasteiger partial charge in [-0.15, -0.1) is 12.3 Å². The van der Waals surface area contributed by atoms with E-state index in [1.54, 1.807) is 0 Å². The quantitative estimate of drug-likeness (QED) is 0.343. The standard InChI is InChI=1S/C11H18O2/c1-3-5-7-8-9-11(12)13-10-6-4-2/h2H,3,5-10H2,1H3. The third-order valence-electron chi connectivity index (χ3n) is 1.74. The van der Waals surface area contributed by atoms with Crippen molar-refractivity contribution in [2.75, 3.05) is 6.61 Å². The molecular formula is C11H18O2. The number of hydrogen-bond acceptors (Lipinski definition) is 2. The molecule has 0 saturated carbocycles. The zero-order valence-corrected chi connectivity index (χ0v) is 8.34. The van der Waals surface area contributed by atoms with Crippen molar-refractivity contribution in [1.29, 1.82) is 0 Å². The van der Waals surface area contributed by atoms with Crippen LogP contribution in [0.1, 0.15) is 45.4 Å². The molecule has 74 valence electrons. The van der Waals surface area contributed by atoms with Gasteiger partial charge in [-0.05, 0) is 6.42 Å². The Hall–Kier alpha value is -0.970. The highest BCUT2D eigenvalue weighted by atomic mass is 16.5. The van der Waals surface area contributed by atoms with E-state index in [4.69, 9.17) is 11.2 Å². The van der Waals surface area contributed by atoms with Crippen molar-refractivity contribution >= 4 is 5.97 Å². The zero-order chi connectivity index (χ0) is 9.94. The third-order valence-corrected chi connectivity index (χ3v) is 1.74. The van der Waals surface area contributed by atoms with Crippen molar-refractivity contribution < 1.29 is 9.53 Å². The fourth-order valence-electron chi connectivity index (χ4n) is 0.992. The van der Waals surface area contributed by atoms with Gasteiger partial charge >= 0.3 is 5.97 Å². The molecule has 0 radical (unpaired) electrons. The Morgan fingerprint density at radius 1 is 1.38 bits per heavy atom. The molecule has 0 spiro atoms. The lowest BCUT2D eigenvalue weighted by atomic mass is 10.2. The molecular weight excluding hydrogens is 164 g/mol. The average molecular weight is 182 g/mol. The van der Waals surface area contributed by atoms with Crippen LogP contribution in [0.2, 0.25) is 0 Å². The van der Waals surface area contributed by atoms with Gasteiger partial charge in [-0.25, -0.2) is 0 Å². The fourth-order valence-corrected chi connectivity index (χ4v) is 0.992. The molecule has 0 fully saturated rings. The summed E-state index contributed by atoms with van der Waals surface area (Å²) in [6, 6.07) is 0. The predicted molar refractivity (Wildman–Crippen MR) is 53.2 cm³/mol. The molecule has 0 amide bonds. The second kappa shape index (κ2) is 9.12. The Balaban J connectivity index is 3.16. The van der Waals surface area contributed by atoms with Crippen LogP contribution in [0.3, 0.4) is 0 Å². The van der Waals surface area contributed by atoms with Gasteiger partial charge in [0.2, 0.25) is 0 Å². The molecule has 2 nitrogen and oxygen atoms in total. The second-order valence-electron chi connectivity index (χ2n) is 2.99. The first-order valence-corrected chi connectivity index (χ1v) is 4.90. The molecule has 0 N–H and O–H groups in total. The molecule has 0 bridgehead atoms. The van der Waals surface area contributed by atoms with Crippen molar-refractivity contribution in [1.82, 2.24) is 0 Å². The molecule has 0 rings (SSSR count). The predicted octanol–water partition coefficient (Wildman–Crippen LogP) is 2.52. The van der Waals surface area contributed by atoms with E-state index in [2.05, 4.69) is 12.8 Å². The SMILES string of the molecule is C#CCCOC(=O)CCCCCC. The van der Waals surface area contributed by atoms with E-state index < -0.39 is 0 Å². The van der Waals surface area contributed by atoms with Crippen LogP contribution in [0.4, 0.5) is 0 Å². The molecule has 13 heavy (non-hydrogen) atoms. The number of carbonyl (C=O) groups excluding carboxylic acids is 1. The van der Waals surface area contributed by atoms with Crippen LogP contribution in [0.25, 0.3) is 0 Å². The molecule has 0 aromatic heterocycles. The zero-order valence-electron chi connectivity index (χ0n) is 8.34. The number of carbonyl (C=O) groups is 1. The molecule has 0 aliphatic carbocycles. The van der Waals surface area contributed by atoms with Gasteiger partial charge in [0.1, 0.15) is 6.61 Å². The summed E-state index contributed by atoms with van der Waals surface area (Å²) in [5.41, 5.74) is 0. The molecule has 0 aromatic rings. The van der Waals surface area contributed by atoms with Crippen LogP contribution < -0.4 is 0 Å². The van der Waals surface area contributed by atoms with Crippen molar-refractivity contribution in [3.05, 3.63) is 0 Å². The highest BCUT2D eigenvalue weighted by Crippen LogP contribution is 2.03. The highest BCUT2D eigenvalue weighted by molar-refractivity contribution is 5.69. The number of unbranched alkanes of at least 4 members (excludes halogenated alkanes) is 3. The smallest absolute Gasteiger partial charge is 0.305 e. The summed E-state index contributed by atoms with van der Waals surface area (Å²) in [6.45, 7) is 2.51. The van der Waals surface area contributed by atoms with Crippen molar-refractivity contribution in [2.24, 2.45) is 0 Å². The number of esters is 1. The van der Waals surface area contributed by atoms with Gasteiger partial charge in [0, 0.05) is 12.8 Å². The first-order valence-electron chi connectivity index (χ1n) is 4.90. The first kappa shape index (κ1) is 12.0. The topological polar surface area (TPSA) is 26.3 Å². The molecule has 0 unspecified atom stereocenters. The molecule has 0 atom stereocenters. The van der Waals surface area contributed by atoms with Crippen LogP contribution >= 0.6 is 0 Å². The van der Waals surface area contributed by atoms with Gasteiger partial charge in [-0.1, -0.05) is 26.2 Å². The van der Waals surface area contributed by atoms with Crippen LogP contribution in [-0.2, 0) is 9.53 Å². The average Bonchev–Trinajstić information content (AvgIpc) is 2.13. The van der Waals surface area contributed by atoms with E-state index in [-0.39, 0.29) is 5.97 Å². The van der Waals surface area contributed by atoms with E-state index in [9.17, 15) is 4.79 Å². The minimum atomic E-state index is -0.119. The molecule has 0 aliphatic rings. The number of hydrogen-bond donors (Lipinski definition) is 0. The monoisotopic (exact) mass is 182 g/mol. The Labute approximate surface area is 80.7 Å². The van der Waals surface area contributed by atoms with Gasteiger partial charge in [-0.3, -0.25) is 4.79 Å². The van der Waals surface area contributed by atoms with E-state index in [1.165, 1.54) is 12.8 Å². The summed E-state index contributed by atoms with van der Waals surface area (Å²) >= 11 is 0. The molecule has 2 heteroatoms. The van der Waals surface area contributed by atoms with Crippen molar-refractivity contribution in [3.8, 4) is 12.3 Å². The lowest BCUT2D eigenvalue weighted by molar-refractivity contribution is -0.143. The largest absolute Gasteiger partial charge is 0.465 e. The summed E-state index contributed by atoms with van der Waals surface area (Å²) in [6.07, 6.45) is 10.5. The van der Waals surface area contributed by atoms with Crippen molar-refractivity contribution in [3.63, 3.8) is 0 Å². The van der Waals surface area contributed by atoms with E-state index in [0.29, 0.717) is 19.4 Å². The van der Waals surface area contributed by atoms with Gasteiger partial charge in [0.15, 0.2) is 0 Å². The molecule has 0 aromatic carbocycles. The summed E-state index contributed by atoms with van der Waals surface area (Å²) in [5, 5.41) is 0. The van der Waals surface area contributed by atoms with Gasteiger partial charge in [-0.2, -0.15) is 0 Å². The maximum Gasteiger partial charge on any atom is 0.305 e. The maximum atomic E-state index is 11.0. The Morgan fingerprint density at radius 2 is 2.15 bits per heavy atom. The lowest BCUT2D eigenvalue weighted by Gasteiger charge is -2.01. The van der Waals surface area contributed by atoms with Gasteiger partial charge in [0.05, 0.1) is 0 Å². The second-order valence-corrected chi connectivity index (χ2v) is 2.99. The Bertz CT molecular complexity index is 167. The first-order chi connectivity index (χ1) is 6.31. The Kier molecular flexibility index (Phi) is 8.44. The van der Waals surface area contributed by atoms with Crippen LogP contribution in [-0.4, -0.2) is 12.6 Å². The summed E-state index contributed by atoms with van der Waals surface area (Å²) < 4.78 is 4.88. The maximum absolute atomic E-state index is 11.0.